The Balaban J connectivity index is 2.20. The molecule has 106 valence electrons. The monoisotopic (exact) mass is 254 g/mol. The molecule has 3 heteroatoms. The summed E-state index contributed by atoms with van der Waals surface area (Å²) in [6.07, 6.45) is 3.64. The summed E-state index contributed by atoms with van der Waals surface area (Å²) < 4.78 is 0. The number of nitrogens with zero attached hydrogens (tertiary/aromatic N) is 2. The van der Waals surface area contributed by atoms with E-state index in [0.29, 0.717) is 5.41 Å². The van der Waals surface area contributed by atoms with Crippen LogP contribution in [0.25, 0.3) is 0 Å². The summed E-state index contributed by atoms with van der Waals surface area (Å²) in [4.78, 5) is 15.7. The SMILES string of the molecule is CC(=O)N1CCC(CCN(C)CC(C)(C)C)CC1. The van der Waals surface area contributed by atoms with E-state index in [2.05, 4.69) is 32.7 Å². The van der Waals surface area contributed by atoms with Crippen LogP contribution in [0.1, 0.15) is 47.0 Å². The van der Waals surface area contributed by atoms with Crippen molar-refractivity contribution in [2.45, 2.75) is 47.0 Å². The fourth-order valence-electron chi connectivity index (χ4n) is 2.83. The molecule has 0 aliphatic carbocycles. The van der Waals surface area contributed by atoms with Gasteiger partial charge >= 0.3 is 0 Å². The molecule has 0 unspecified atom stereocenters. The molecule has 1 heterocycles. The molecule has 1 rings (SSSR count). The van der Waals surface area contributed by atoms with Crippen molar-refractivity contribution in [3.8, 4) is 0 Å². The smallest absolute Gasteiger partial charge is 0.219 e. The number of carbonyl (C=O) groups is 1. The molecule has 1 amide bonds. The maximum Gasteiger partial charge on any atom is 0.219 e. The second kappa shape index (κ2) is 6.55. The van der Waals surface area contributed by atoms with Crippen molar-refractivity contribution in [3.05, 3.63) is 0 Å². The van der Waals surface area contributed by atoms with Crippen molar-refractivity contribution in [3.63, 3.8) is 0 Å². The summed E-state index contributed by atoms with van der Waals surface area (Å²) in [6, 6.07) is 0. The van der Waals surface area contributed by atoms with E-state index < -0.39 is 0 Å². The van der Waals surface area contributed by atoms with Crippen molar-refractivity contribution in [2.24, 2.45) is 11.3 Å². The van der Waals surface area contributed by atoms with Crippen LogP contribution in [0.2, 0.25) is 0 Å². The summed E-state index contributed by atoms with van der Waals surface area (Å²) in [5.74, 6) is 1.04. The van der Waals surface area contributed by atoms with Crippen molar-refractivity contribution in [1.82, 2.24) is 9.80 Å². The van der Waals surface area contributed by atoms with E-state index in [-0.39, 0.29) is 5.91 Å². The van der Waals surface area contributed by atoms with Gasteiger partial charge < -0.3 is 9.80 Å². The minimum Gasteiger partial charge on any atom is -0.343 e. The van der Waals surface area contributed by atoms with E-state index in [0.717, 1.165) is 25.6 Å². The first-order valence-corrected chi connectivity index (χ1v) is 7.22. The van der Waals surface area contributed by atoms with Gasteiger partial charge in [0, 0.05) is 26.6 Å². The maximum absolute atomic E-state index is 11.2. The largest absolute Gasteiger partial charge is 0.343 e. The van der Waals surface area contributed by atoms with E-state index in [1.54, 1.807) is 6.92 Å². The number of hydrogen-bond acceptors (Lipinski definition) is 2. The molecule has 0 aromatic carbocycles. The quantitative estimate of drug-likeness (QED) is 0.770. The number of hydrogen-bond donors (Lipinski definition) is 0. The second-order valence-electron chi connectivity index (χ2n) is 7.04. The van der Waals surface area contributed by atoms with Gasteiger partial charge in [0.1, 0.15) is 0 Å². The Morgan fingerprint density at radius 2 is 1.83 bits per heavy atom. The third-order valence-corrected chi connectivity index (χ3v) is 3.72. The van der Waals surface area contributed by atoms with Crippen LogP contribution in [-0.4, -0.2) is 48.9 Å². The Kier molecular flexibility index (Phi) is 5.64. The Labute approximate surface area is 113 Å². The fraction of sp³-hybridized carbons (Fsp3) is 0.933. The molecule has 0 N–H and O–H groups in total. The van der Waals surface area contributed by atoms with Crippen LogP contribution in [0.3, 0.4) is 0 Å². The Hall–Kier alpha value is -0.570. The zero-order valence-electron chi connectivity index (χ0n) is 12.8. The molecule has 0 aromatic rings. The van der Waals surface area contributed by atoms with Gasteiger partial charge in [-0.15, -0.1) is 0 Å². The summed E-state index contributed by atoms with van der Waals surface area (Å²) >= 11 is 0. The molecule has 0 radical (unpaired) electrons. The van der Waals surface area contributed by atoms with Crippen LogP contribution in [-0.2, 0) is 4.79 Å². The lowest BCUT2D eigenvalue weighted by Crippen LogP contribution is -2.38. The molecule has 1 aliphatic heterocycles. The van der Waals surface area contributed by atoms with E-state index in [1.807, 2.05) is 4.90 Å². The summed E-state index contributed by atoms with van der Waals surface area (Å²) in [5, 5.41) is 0. The van der Waals surface area contributed by atoms with E-state index in [9.17, 15) is 4.79 Å². The van der Waals surface area contributed by atoms with Crippen LogP contribution >= 0.6 is 0 Å². The highest BCUT2D eigenvalue weighted by Gasteiger charge is 2.21. The highest BCUT2D eigenvalue weighted by atomic mass is 16.2. The second-order valence-corrected chi connectivity index (χ2v) is 7.04. The highest BCUT2D eigenvalue weighted by molar-refractivity contribution is 5.73. The lowest BCUT2D eigenvalue weighted by molar-refractivity contribution is -0.130. The number of likely N-dealkylation sites (tertiary alicyclic amines) is 1. The number of amides is 1. The zero-order chi connectivity index (χ0) is 13.8. The Morgan fingerprint density at radius 3 is 2.28 bits per heavy atom. The normalized spacial score (nSPS) is 18.4. The van der Waals surface area contributed by atoms with Crippen LogP contribution in [0.15, 0.2) is 0 Å². The van der Waals surface area contributed by atoms with Gasteiger partial charge in [0.2, 0.25) is 5.91 Å². The van der Waals surface area contributed by atoms with E-state index >= 15 is 0 Å². The number of rotatable bonds is 4. The average molecular weight is 254 g/mol. The van der Waals surface area contributed by atoms with Crippen molar-refractivity contribution in [2.75, 3.05) is 33.2 Å². The standard InChI is InChI=1S/C15H30N2O/c1-13(18)17-10-7-14(8-11-17)6-9-16(5)12-15(2,3)4/h14H,6-12H2,1-5H3. The molecule has 18 heavy (non-hydrogen) atoms. The summed E-state index contributed by atoms with van der Waals surface area (Å²) in [7, 11) is 2.22. The van der Waals surface area contributed by atoms with Crippen LogP contribution < -0.4 is 0 Å². The molecule has 1 saturated heterocycles. The fourth-order valence-corrected chi connectivity index (χ4v) is 2.83. The topological polar surface area (TPSA) is 23.6 Å². The van der Waals surface area contributed by atoms with Gasteiger partial charge in [-0.1, -0.05) is 20.8 Å². The lowest BCUT2D eigenvalue weighted by atomic mass is 9.92. The van der Waals surface area contributed by atoms with Gasteiger partial charge in [0.05, 0.1) is 0 Å². The molecule has 1 fully saturated rings. The molecule has 0 saturated carbocycles. The zero-order valence-corrected chi connectivity index (χ0v) is 12.8. The van der Waals surface area contributed by atoms with Crippen molar-refractivity contribution < 1.29 is 4.79 Å². The third kappa shape index (κ3) is 5.85. The first kappa shape index (κ1) is 15.5. The summed E-state index contributed by atoms with van der Waals surface area (Å²) in [5.41, 5.74) is 0.382. The first-order chi connectivity index (χ1) is 8.28. The molecule has 0 bridgehead atoms. The first-order valence-electron chi connectivity index (χ1n) is 7.22. The minimum atomic E-state index is 0.235. The highest BCUT2D eigenvalue weighted by Crippen LogP contribution is 2.21. The van der Waals surface area contributed by atoms with Crippen LogP contribution in [0.5, 0.6) is 0 Å². The van der Waals surface area contributed by atoms with Gasteiger partial charge in [-0.3, -0.25) is 4.79 Å². The van der Waals surface area contributed by atoms with Gasteiger partial charge in [-0.25, -0.2) is 0 Å². The molecule has 0 aromatic heterocycles. The number of piperidine rings is 1. The van der Waals surface area contributed by atoms with Gasteiger partial charge in [-0.05, 0) is 44.2 Å². The lowest BCUT2D eigenvalue weighted by Gasteiger charge is -2.33. The predicted molar refractivity (Wildman–Crippen MR) is 76.5 cm³/mol. The average Bonchev–Trinajstić information content (AvgIpc) is 2.24. The predicted octanol–water partition coefficient (Wildman–Crippen LogP) is 2.61. The Morgan fingerprint density at radius 1 is 1.28 bits per heavy atom. The molecular weight excluding hydrogens is 224 g/mol. The maximum atomic E-state index is 11.2. The van der Waals surface area contributed by atoms with Crippen molar-refractivity contribution in [1.29, 1.82) is 0 Å². The molecule has 1 aliphatic rings. The van der Waals surface area contributed by atoms with E-state index in [4.69, 9.17) is 0 Å². The number of carbonyl (C=O) groups excluding carboxylic acids is 1. The van der Waals surface area contributed by atoms with Gasteiger partial charge in [0.25, 0.3) is 0 Å². The molecular formula is C15H30N2O. The van der Waals surface area contributed by atoms with Crippen LogP contribution in [0, 0.1) is 11.3 Å². The Bertz CT molecular complexity index is 262. The molecule has 3 nitrogen and oxygen atoms in total. The molecule has 0 spiro atoms. The van der Waals surface area contributed by atoms with Gasteiger partial charge in [-0.2, -0.15) is 0 Å². The summed E-state index contributed by atoms with van der Waals surface area (Å²) in [6.45, 7) is 12.8. The van der Waals surface area contributed by atoms with Crippen LogP contribution in [0.4, 0.5) is 0 Å². The molecule has 0 atom stereocenters. The van der Waals surface area contributed by atoms with Crippen molar-refractivity contribution >= 4 is 5.91 Å². The van der Waals surface area contributed by atoms with E-state index in [1.165, 1.54) is 25.8 Å². The third-order valence-electron chi connectivity index (χ3n) is 3.72. The van der Waals surface area contributed by atoms with Gasteiger partial charge in [0.15, 0.2) is 0 Å². The minimum absolute atomic E-state index is 0.235.